The second-order valence-corrected chi connectivity index (χ2v) is 5.10. The molecular weight excluding hydrogens is 262 g/mol. The summed E-state index contributed by atoms with van der Waals surface area (Å²) in [6.45, 7) is 7.24. The Balaban J connectivity index is 2.26. The third-order valence-electron chi connectivity index (χ3n) is 3.18. The largest absolute Gasteiger partial charge is 0.439 e. The van der Waals surface area contributed by atoms with Gasteiger partial charge in [0.15, 0.2) is 0 Å². The van der Waals surface area contributed by atoms with Crippen LogP contribution in [0.2, 0.25) is 0 Å². The molecule has 21 heavy (non-hydrogen) atoms. The molecular formula is C17H23N3O. The molecule has 1 heterocycles. The summed E-state index contributed by atoms with van der Waals surface area (Å²) in [6, 6.07) is 8.00. The smallest absolute Gasteiger partial charge is 0.227 e. The summed E-state index contributed by atoms with van der Waals surface area (Å²) in [7, 11) is 0. The number of ether oxygens (including phenoxy) is 1. The summed E-state index contributed by atoms with van der Waals surface area (Å²) in [4.78, 5) is 8.66. The lowest BCUT2D eigenvalue weighted by Crippen LogP contribution is -2.07. The fourth-order valence-corrected chi connectivity index (χ4v) is 2.07. The van der Waals surface area contributed by atoms with Crippen LogP contribution in [-0.4, -0.2) is 16.5 Å². The van der Waals surface area contributed by atoms with E-state index in [0.29, 0.717) is 5.88 Å². The maximum atomic E-state index is 5.95. The number of aryl methyl sites for hydroxylation is 1. The van der Waals surface area contributed by atoms with E-state index < -0.39 is 0 Å². The van der Waals surface area contributed by atoms with Crippen molar-refractivity contribution in [2.75, 3.05) is 11.9 Å². The lowest BCUT2D eigenvalue weighted by Gasteiger charge is -2.14. The Morgan fingerprint density at radius 3 is 2.48 bits per heavy atom. The molecule has 0 spiro atoms. The third-order valence-corrected chi connectivity index (χ3v) is 3.18. The van der Waals surface area contributed by atoms with Gasteiger partial charge >= 0.3 is 0 Å². The van der Waals surface area contributed by atoms with Gasteiger partial charge in [-0.3, -0.25) is 0 Å². The van der Waals surface area contributed by atoms with Crippen LogP contribution >= 0.6 is 0 Å². The van der Waals surface area contributed by atoms with Crippen molar-refractivity contribution in [3.05, 3.63) is 41.7 Å². The topological polar surface area (TPSA) is 47.0 Å². The summed E-state index contributed by atoms with van der Waals surface area (Å²) < 4.78 is 5.95. The first kappa shape index (κ1) is 15.3. The van der Waals surface area contributed by atoms with E-state index in [0.717, 1.165) is 42.9 Å². The van der Waals surface area contributed by atoms with Gasteiger partial charge in [0.2, 0.25) is 5.88 Å². The highest BCUT2D eigenvalue weighted by atomic mass is 16.5. The molecule has 4 heteroatoms. The average Bonchev–Trinajstić information content (AvgIpc) is 2.50. The zero-order valence-corrected chi connectivity index (χ0v) is 13.0. The Morgan fingerprint density at radius 2 is 1.81 bits per heavy atom. The number of rotatable bonds is 7. The maximum absolute atomic E-state index is 5.95. The lowest BCUT2D eigenvalue weighted by atomic mass is 10.1. The molecule has 0 unspecified atom stereocenters. The number of hydrogen-bond donors (Lipinski definition) is 1. The van der Waals surface area contributed by atoms with Gasteiger partial charge < -0.3 is 10.1 Å². The first-order valence-corrected chi connectivity index (χ1v) is 7.56. The predicted molar refractivity (Wildman–Crippen MR) is 86.1 cm³/mol. The van der Waals surface area contributed by atoms with Crippen molar-refractivity contribution < 1.29 is 4.74 Å². The van der Waals surface area contributed by atoms with Crippen LogP contribution in [0.15, 0.2) is 30.6 Å². The highest BCUT2D eigenvalue weighted by Gasteiger charge is 2.12. The summed E-state index contributed by atoms with van der Waals surface area (Å²) in [6.07, 6.45) is 4.54. The minimum atomic E-state index is 0.648. The van der Waals surface area contributed by atoms with Crippen molar-refractivity contribution >= 4 is 5.82 Å². The van der Waals surface area contributed by atoms with Gasteiger partial charge in [0.05, 0.1) is 5.56 Å². The van der Waals surface area contributed by atoms with E-state index in [2.05, 4.69) is 36.1 Å². The molecule has 2 aromatic rings. The average molecular weight is 285 g/mol. The van der Waals surface area contributed by atoms with Crippen molar-refractivity contribution in [2.24, 2.45) is 0 Å². The Morgan fingerprint density at radius 1 is 1.05 bits per heavy atom. The van der Waals surface area contributed by atoms with Gasteiger partial charge in [0.1, 0.15) is 17.9 Å². The van der Waals surface area contributed by atoms with Gasteiger partial charge in [-0.2, -0.15) is 0 Å². The first-order valence-electron chi connectivity index (χ1n) is 7.56. The van der Waals surface area contributed by atoms with Gasteiger partial charge in [-0.05, 0) is 31.9 Å². The Labute approximate surface area is 126 Å². The zero-order valence-electron chi connectivity index (χ0n) is 13.0. The SMILES string of the molecule is CCCNc1ncnc(Oc2ccc(C)cc2)c1CCC. The summed E-state index contributed by atoms with van der Waals surface area (Å²) in [5.41, 5.74) is 2.26. The van der Waals surface area contributed by atoms with Crippen LogP contribution in [0.25, 0.3) is 0 Å². The van der Waals surface area contributed by atoms with Crippen LogP contribution in [0.1, 0.15) is 37.8 Å². The molecule has 1 aromatic heterocycles. The van der Waals surface area contributed by atoms with Gasteiger partial charge in [0, 0.05) is 6.54 Å². The van der Waals surface area contributed by atoms with Crippen LogP contribution in [0.3, 0.4) is 0 Å². The number of aromatic nitrogens is 2. The summed E-state index contributed by atoms with van der Waals surface area (Å²) in [5, 5.41) is 3.35. The molecule has 0 aliphatic heterocycles. The monoisotopic (exact) mass is 285 g/mol. The number of anilines is 1. The molecule has 0 amide bonds. The fourth-order valence-electron chi connectivity index (χ4n) is 2.07. The van der Waals surface area contributed by atoms with E-state index in [1.807, 2.05) is 24.3 Å². The molecule has 0 aliphatic carbocycles. The highest BCUT2D eigenvalue weighted by molar-refractivity contribution is 5.50. The zero-order chi connectivity index (χ0) is 15.1. The minimum Gasteiger partial charge on any atom is -0.439 e. The van der Waals surface area contributed by atoms with Crippen LogP contribution in [-0.2, 0) is 6.42 Å². The van der Waals surface area contributed by atoms with E-state index in [-0.39, 0.29) is 0 Å². The Hall–Kier alpha value is -2.10. The molecule has 1 aromatic carbocycles. The molecule has 0 radical (unpaired) electrons. The van der Waals surface area contributed by atoms with E-state index in [1.54, 1.807) is 6.33 Å². The molecule has 0 saturated heterocycles. The minimum absolute atomic E-state index is 0.648. The number of benzene rings is 1. The summed E-state index contributed by atoms with van der Waals surface area (Å²) in [5.74, 6) is 2.34. The first-order chi connectivity index (χ1) is 10.2. The van der Waals surface area contributed by atoms with E-state index >= 15 is 0 Å². The fraction of sp³-hybridized carbons (Fsp3) is 0.412. The molecule has 1 N–H and O–H groups in total. The van der Waals surface area contributed by atoms with Crippen molar-refractivity contribution in [2.45, 2.75) is 40.0 Å². The normalized spacial score (nSPS) is 10.4. The highest BCUT2D eigenvalue weighted by Crippen LogP contribution is 2.28. The van der Waals surface area contributed by atoms with Crippen molar-refractivity contribution in [1.82, 2.24) is 9.97 Å². The quantitative estimate of drug-likeness (QED) is 0.821. The standard InChI is InChI=1S/C17H23N3O/c1-4-6-15-16(18-11-5-2)19-12-20-17(15)21-14-9-7-13(3)8-10-14/h7-10,12H,4-6,11H2,1-3H3,(H,18,19,20). The number of nitrogens with one attached hydrogen (secondary N) is 1. The van der Waals surface area contributed by atoms with Gasteiger partial charge in [0.25, 0.3) is 0 Å². The van der Waals surface area contributed by atoms with E-state index in [9.17, 15) is 0 Å². The molecule has 0 aliphatic rings. The van der Waals surface area contributed by atoms with Crippen LogP contribution in [0.5, 0.6) is 11.6 Å². The Bertz CT molecular complexity index is 567. The molecule has 112 valence electrons. The van der Waals surface area contributed by atoms with Crippen molar-refractivity contribution in [3.8, 4) is 11.6 Å². The summed E-state index contributed by atoms with van der Waals surface area (Å²) >= 11 is 0. The van der Waals surface area contributed by atoms with E-state index in [1.165, 1.54) is 5.56 Å². The molecule has 0 fully saturated rings. The van der Waals surface area contributed by atoms with Crippen LogP contribution in [0, 0.1) is 6.92 Å². The molecule has 0 saturated carbocycles. The van der Waals surface area contributed by atoms with Gasteiger partial charge in [-0.15, -0.1) is 0 Å². The number of nitrogens with zero attached hydrogens (tertiary/aromatic N) is 2. The van der Waals surface area contributed by atoms with Gasteiger partial charge in [-0.1, -0.05) is 38.0 Å². The van der Waals surface area contributed by atoms with Crippen molar-refractivity contribution in [3.63, 3.8) is 0 Å². The Kier molecular flexibility index (Phi) is 5.55. The second-order valence-electron chi connectivity index (χ2n) is 5.10. The van der Waals surface area contributed by atoms with Gasteiger partial charge in [-0.25, -0.2) is 9.97 Å². The predicted octanol–water partition coefficient (Wildman–Crippen LogP) is 4.35. The second kappa shape index (κ2) is 7.62. The lowest BCUT2D eigenvalue weighted by molar-refractivity contribution is 0.454. The van der Waals surface area contributed by atoms with E-state index in [4.69, 9.17) is 4.74 Å². The number of hydrogen-bond acceptors (Lipinski definition) is 4. The molecule has 4 nitrogen and oxygen atoms in total. The molecule has 0 bridgehead atoms. The van der Waals surface area contributed by atoms with Crippen molar-refractivity contribution in [1.29, 1.82) is 0 Å². The van der Waals surface area contributed by atoms with Crippen LogP contribution in [0.4, 0.5) is 5.82 Å². The van der Waals surface area contributed by atoms with Crippen LogP contribution < -0.4 is 10.1 Å². The third kappa shape index (κ3) is 4.18. The molecule has 2 rings (SSSR count). The maximum Gasteiger partial charge on any atom is 0.227 e. The molecule has 0 atom stereocenters.